The molecule has 1 aliphatic rings. The third-order valence-corrected chi connectivity index (χ3v) is 3.75. The lowest BCUT2D eigenvalue weighted by atomic mass is 9.95. The number of nitrogens with one attached hydrogen (secondary N) is 1. The van der Waals surface area contributed by atoms with E-state index in [1.807, 2.05) is 31.2 Å². The highest BCUT2D eigenvalue weighted by atomic mass is 16.3. The number of benzene rings is 1. The number of carbonyl (C=O) groups excluding carboxylic acids is 2. The van der Waals surface area contributed by atoms with Gasteiger partial charge in [-0.2, -0.15) is 0 Å². The molecule has 1 aromatic heterocycles. The Morgan fingerprint density at radius 3 is 2.59 bits per heavy atom. The van der Waals surface area contributed by atoms with E-state index in [2.05, 4.69) is 5.32 Å². The third-order valence-electron chi connectivity index (χ3n) is 3.75. The topological polar surface area (TPSA) is 79.5 Å². The van der Waals surface area contributed by atoms with Crippen molar-refractivity contribution in [2.75, 3.05) is 0 Å². The third kappa shape index (κ3) is 2.30. The first kappa shape index (κ1) is 14.1. The fourth-order valence-corrected chi connectivity index (χ4v) is 2.51. The first-order chi connectivity index (χ1) is 10.6. The number of hydrogen-bond acceptors (Lipinski definition) is 4. The summed E-state index contributed by atoms with van der Waals surface area (Å²) >= 11 is 0. The molecule has 1 aliphatic heterocycles. The van der Waals surface area contributed by atoms with Gasteiger partial charge in [-0.05, 0) is 29.7 Å². The number of Topliss-reactive ketones (excluding diaryl/α,β-unsaturated/α-hetero) is 1. The molecule has 5 heteroatoms. The molecule has 22 heavy (non-hydrogen) atoms. The van der Waals surface area contributed by atoms with Crippen molar-refractivity contribution in [3.63, 3.8) is 0 Å². The summed E-state index contributed by atoms with van der Waals surface area (Å²) in [6, 6.07) is 9.98. The van der Waals surface area contributed by atoms with Crippen LogP contribution in [0, 0.1) is 0 Å². The number of amides is 1. The molecule has 5 nitrogen and oxygen atoms in total. The Bertz CT molecular complexity index is 741. The van der Waals surface area contributed by atoms with Crippen LogP contribution in [0.2, 0.25) is 0 Å². The van der Waals surface area contributed by atoms with E-state index < -0.39 is 23.5 Å². The summed E-state index contributed by atoms with van der Waals surface area (Å²) < 4.78 is 5.08. The maximum absolute atomic E-state index is 12.5. The Balaban J connectivity index is 2.00. The van der Waals surface area contributed by atoms with E-state index in [9.17, 15) is 14.7 Å². The van der Waals surface area contributed by atoms with Gasteiger partial charge in [0.1, 0.15) is 0 Å². The Hall–Kier alpha value is -2.82. The van der Waals surface area contributed by atoms with Gasteiger partial charge in [-0.25, -0.2) is 0 Å². The molecule has 0 aliphatic carbocycles. The number of rotatable bonds is 4. The molecule has 1 aromatic carbocycles. The fraction of sp³-hybridized carbons (Fsp3) is 0.176. The summed E-state index contributed by atoms with van der Waals surface area (Å²) in [6.45, 7) is 2.05. The second-order valence-electron chi connectivity index (χ2n) is 5.07. The van der Waals surface area contributed by atoms with E-state index >= 15 is 0 Å². The summed E-state index contributed by atoms with van der Waals surface area (Å²) in [5.74, 6) is -1.61. The van der Waals surface area contributed by atoms with Crippen LogP contribution in [0.1, 0.15) is 34.6 Å². The van der Waals surface area contributed by atoms with Gasteiger partial charge in [0.25, 0.3) is 5.91 Å². The normalized spacial score (nSPS) is 17.7. The Labute approximate surface area is 127 Å². The van der Waals surface area contributed by atoms with Crippen LogP contribution >= 0.6 is 0 Å². The van der Waals surface area contributed by atoms with E-state index in [0.717, 1.165) is 17.5 Å². The number of furan rings is 1. The molecule has 2 aromatic rings. The first-order valence-corrected chi connectivity index (χ1v) is 7.03. The molecule has 3 rings (SSSR count). The molecule has 0 bridgehead atoms. The van der Waals surface area contributed by atoms with E-state index in [1.54, 1.807) is 6.07 Å². The van der Waals surface area contributed by atoms with Crippen LogP contribution in [-0.2, 0) is 11.2 Å². The minimum atomic E-state index is -0.670. The first-order valence-electron chi connectivity index (χ1n) is 7.03. The minimum absolute atomic E-state index is 0.0178. The molecule has 0 fully saturated rings. The molecule has 0 unspecified atom stereocenters. The highest BCUT2D eigenvalue weighted by Crippen LogP contribution is 2.32. The molecule has 1 amide bonds. The fourth-order valence-electron chi connectivity index (χ4n) is 2.51. The molecule has 1 atom stereocenters. The number of aliphatic hydroxyl groups excluding tert-OH is 1. The van der Waals surface area contributed by atoms with Crippen LogP contribution in [0.5, 0.6) is 0 Å². The molecule has 0 spiro atoms. The van der Waals surface area contributed by atoms with Crippen molar-refractivity contribution in [2.24, 2.45) is 0 Å². The van der Waals surface area contributed by atoms with Gasteiger partial charge < -0.3 is 14.8 Å². The van der Waals surface area contributed by atoms with Crippen LogP contribution in [0.3, 0.4) is 0 Å². The maximum Gasteiger partial charge on any atom is 0.287 e. The zero-order chi connectivity index (χ0) is 15.7. The van der Waals surface area contributed by atoms with Crippen LogP contribution < -0.4 is 5.32 Å². The van der Waals surface area contributed by atoms with Crippen molar-refractivity contribution in [1.82, 2.24) is 5.32 Å². The lowest BCUT2D eigenvalue weighted by molar-refractivity contribution is -0.119. The van der Waals surface area contributed by atoms with E-state index in [4.69, 9.17) is 4.42 Å². The van der Waals surface area contributed by atoms with Gasteiger partial charge in [-0.15, -0.1) is 0 Å². The van der Waals surface area contributed by atoms with Gasteiger partial charge in [-0.3, -0.25) is 9.59 Å². The van der Waals surface area contributed by atoms with E-state index in [1.165, 1.54) is 12.3 Å². The SMILES string of the molecule is CCc1ccc([C@@H]2NC(=O)C(O)=C2C(=O)c2ccco2)cc1. The average molecular weight is 297 g/mol. The van der Waals surface area contributed by atoms with Crippen LogP contribution in [0.15, 0.2) is 58.4 Å². The quantitative estimate of drug-likeness (QED) is 0.850. The monoisotopic (exact) mass is 297 g/mol. The van der Waals surface area contributed by atoms with Crippen molar-refractivity contribution in [3.8, 4) is 0 Å². The van der Waals surface area contributed by atoms with Crippen molar-refractivity contribution < 1.29 is 19.1 Å². The summed E-state index contributed by atoms with van der Waals surface area (Å²) in [6.07, 6.45) is 2.27. The molecular formula is C17H15NO4. The smallest absolute Gasteiger partial charge is 0.287 e. The van der Waals surface area contributed by atoms with E-state index in [0.29, 0.717) is 0 Å². The van der Waals surface area contributed by atoms with Gasteiger partial charge in [0.05, 0.1) is 17.9 Å². The van der Waals surface area contributed by atoms with Crippen LogP contribution in [0.25, 0.3) is 0 Å². The molecule has 2 heterocycles. The Kier molecular flexibility index (Phi) is 3.55. The Morgan fingerprint density at radius 2 is 2.00 bits per heavy atom. The molecule has 0 radical (unpaired) electrons. The average Bonchev–Trinajstić information content (AvgIpc) is 3.16. The largest absolute Gasteiger partial charge is 0.503 e. The highest BCUT2D eigenvalue weighted by Gasteiger charge is 2.38. The lowest BCUT2D eigenvalue weighted by Gasteiger charge is -2.14. The highest BCUT2D eigenvalue weighted by molar-refractivity contribution is 6.14. The molecule has 0 saturated heterocycles. The summed E-state index contributed by atoms with van der Waals surface area (Å²) in [5.41, 5.74) is 1.91. The second-order valence-corrected chi connectivity index (χ2v) is 5.07. The second kappa shape index (κ2) is 5.52. The van der Waals surface area contributed by atoms with Crippen LogP contribution in [-0.4, -0.2) is 16.8 Å². The van der Waals surface area contributed by atoms with Crippen molar-refractivity contribution in [1.29, 1.82) is 0 Å². The minimum Gasteiger partial charge on any atom is -0.503 e. The van der Waals surface area contributed by atoms with Gasteiger partial charge in [-0.1, -0.05) is 31.2 Å². The van der Waals surface area contributed by atoms with Gasteiger partial charge in [0.2, 0.25) is 5.78 Å². The van der Waals surface area contributed by atoms with Crippen molar-refractivity contribution in [2.45, 2.75) is 19.4 Å². The summed E-state index contributed by atoms with van der Waals surface area (Å²) in [5, 5.41) is 12.6. The van der Waals surface area contributed by atoms with Crippen molar-refractivity contribution >= 4 is 11.7 Å². The predicted molar refractivity (Wildman–Crippen MR) is 79.4 cm³/mol. The number of carbonyl (C=O) groups is 2. The van der Waals surface area contributed by atoms with Crippen LogP contribution in [0.4, 0.5) is 0 Å². The van der Waals surface area contributed by atoms with Gasteiger partial charge >= 0.3 is 0 Å². The molecule has 112 valence electrons. The molecular weight excluding hydrogens is 282 g/mol. The standard InChI is InChI=1S/C17H15NO4/c1-2-10-5-7-11(8-6-10)14-13(16(20)17(21)18-14)15(19)12-4-3-9-22-12/h3-9,14,20H,2H2,1H3,(H,18,21)/t14-/m0/s1. The number of aryl methyl sites for hydroxylation is 1. The predicted octanol–water partition coefficient (Wildman–Crippen LogP) is 2.71. The maximum atomic E-state index is 12.5. The summed E-state index contributed by atoms with van der Waals surface area (Å²) in [7, 11) is 0. The number of ketones is 1. The Morgan fingerprint density at radius 1 is 1.27 bits per heavy atom. The molecule has 0 saturated carbocycles. The van der Waals surface area contributed by atoms with Gasteiger partial charge in [0, 0.05) is 0 Å². The lowest BCUT2D eigenvalue weighted by Crippen LogP contribution is -2.23. The zero-order valence-corrected chi connectivity index (χ0v) is 12.0. The summed E-state index contributed by atoms with van der Waals surface area (Å²) in [4.78, 5) is 24.2. The van der Waals surface area contributed by atoms with E-state index in [-0.39, 0.29) is 11.3 Å². The zero-order valence-electron chi connectivity index (χ0n) is 12.0. The number of aliphatic hydroxyl groups is 1. The molecule has 2 N–H and O–H groups in total. The van der Waals surface area contributed by atoms with Gasteiger partial charge in [0.15, 0.2) is 11.5 Å². The van der Waals surface area contributed by atoms with Crippen molar-refractivity contribution in [3.05, 3.63) is 70.9 Å². The number of hydrogen-bond donors (Lipinski definition) is 2.